The Labute approximate surface area is 255 Å². The molecule has 0 bridgehead atoms. The third-order valence-electron chi connectivity index (χ3n) is 6.92. The van der Waals surface area contributed by atoms with Gasteiger partial charge < -0.3 is 14.2 Å². The predicted octanol–water partition coefficient (Wildman–Crippen LogP) is 2.37. The lowest BCUT2D eigenvalue weighted by atomic mass is 10.2. The Kier molecular flexibility index (Phi) is 9.16. The minimum absolute atomic E-state index is 0.0365. The van der Waals surface area contributed by atoms with Gasteiger partial charge in [0.1, 0.15) is 0 Å². The highest BCUT2D eigenvalue weighted by atomic mass is 35.5. The van der Waals surface area contributed by atoms with Crippen LogP contribution in [-0.2, 0) is 30.2 Å². The summed E-state index contributed by atoms with van der Waals surface area (Å²) in [6, 6.07) is 10.1. The molecule has 1 saturated heterocycles. The Hall–Kier alpha value is -4.17. The Morgan fingerprint density at radius 3 is 2.58 bits per heavy atom. The standard InChI is InChI=1S/C28H29Cl2N7O6/c1-34-25-24(26(39)35(2)28(34)40)37(15-18-5-6-19(29)13-20(18)30)27(32-25)43-21-7-4-17(12-22(21)41-3)14-31-33-23(38)16-36-8-10-42-11-9-36/h4-7,12-14H,8-11,15-16H2,1-3H3,(H,33,38). The summed E-state index contributed by atoms with van der Waals surface area (Å²) in [6.45, 7) is 2.93. The average molecular weight is 630 g/mol. The lowest BCUT2D eigenvalue weighted by Gasteiger charge is -2.25. The van der Waals surface area contributed by atoms with E-state index in [-0.39, 0.29) is 41.9 Å². The second kappa shape index (κ2) is 13.0. The molecule has 4 aromatic rings. The first-order valence-electron chi connectivity index (χ1n) is 13.2. The fourth-order valence-electron chi connectivity index (χ4n) is 4.60. The van der Waals surface area contributed by atoms with Crippen LogP contribution in [0.5, 0.6) is 17.5 Å². The van der Waals surface area contributed by atoms with Gasteiger partial charge in [0, 0.05) is 37.2 Å². The van der Waals surface area contributed by atoms with Crippen molar-refractivity contribution >= 4 is 46.5 Å². The number of rotatable bonds is 9. The highest BCUT2D eigenvalue weighted by molar-refractivity contribution is 6.35. The van der Waals surface area contributed by atoms with Crippen LogP contribution in [0.1, 0.15) is 11.1 Å². The number of hydrazone groups is 1. The summed E-state index contributed by atoms with van der Waals surface area (Å²) in [4.78, 5) is 44.6. The van der Waals surface area contributed by atoms with Gasteiger partial charge in [0.05, 0.1) is 39.6 Å². The number of halogens is 2. The summed E-state index contributed by atoms with van der Waals surface area (Å²) in [5.41, 5.74) is 3.04. The molecule has 0 spiro atoms. The molecular formula is C28H29Cl2N7O6. The molecule has 0 unspecified atom stereocenters. The van der Waals surface area contributed by atoms with Crippen LogP contribution >= 0.6 is 23.2 Å². The van der Waals surface area contributed by atoms with Gasteiger partial charge in [0.25, 0.3) is 11.5 Å². The molecule has 5 rings (SSSR count). The Morgan fingerprint density at radius 1 is 1.09 bits per heavy atom. The number of methoxy groups -OCH3 is 1. The third-order valence-corrected chi connectivity index (χ3v) is 7.51. The quantitative estimate of drug-likeness (QED) is 0.220. The number of imidazole rings is 1. The molecule has 1 aliphatic heterocycles. The molecule has 0 saturated carbocycles. The van der Waals surface area contributed by atoms with E-state index < -0.39 is 11.2 Å². The second-order valence-electron chi connectivity index (χ2n) is 9.79. The summed E-state index contributed by atoms with van der Waals surface area (Å²) in [5, 5.41) is 4.90. The molecule has 0 radical (unpaired) electrons. The molecule has 0 aliphatic carbocycles. The molecular weight excluding hydrogens is 601 g/mol. The van der Waals surface area contributed by atoms with Gasteiger partial charge in [-0.05, 0) is 41.5 Å². The zero-order valence-corrected chi connectivity index (χ0v) is 25.2. The molecule has 2 aromatic heterocycles. The Bertz CT molecular complexity index is 1830. The highest BCUT2D eigenvalue weighted by Gasteiger charge is 2.22. The molecule has 13 nitrogen and oxygen atoms in total. The van der Waals surface area contributed by atoms with Crippen LogP contribution in [-0.4, -0.2) is 75.7 Å². The van der Waals surface area contributed by atoms with E-state index in [1.54, 1.807) is 41.0 Å². The van der Waals surface area contributed by atoms with Gasteiger partial charge >= 0.3 is 11.7 Å². The van der Waals surface area contributed by atoms with E-state index >= 15 is 0 Å². The Morgan fingerprint density at radius 2 is 1.86 bits per heavy atom. The van der Waals surface area contributed by atoms with Crippen molar-refractivity contribution in [1.29, 1.82) is 0 Å². The first kappa shape index (κ1) is 30.3. The van der Waals surface area contributed by atoms with Crippen molar-refractivity contribution in [2.24, 2.45) is 19.2 Å². The number of hydrogen-bond donors (Lipinski definition) is 1. The van der Waals surface area contributed by atoms with Crippen LogP contribution in [0.25, 0.3) is 11.2 Å². The van der Waals surface area contributed by atoms with E-state index in [0.29, 0.717) is 53.2 Å². The number of morpholine rings is 1. The van der Waals surface area contributed by atoms with Crippen LogP contribution < -0.4 is 26.1 Å². The molecule has 2 aromatic carbocycles. The van der Waals surface area contributed by atoms with Crippen molar-refractivity contribution in [2.45, 2.75) is 6.54 Å². The third kappa shape index (κ3) is 6.59. The number of amides is 1. The van der Waals surface area contributed by atoms with Crippen molar-refractivity contribution in [3.05, 3.63) is 78.4 Å². The number of nitrogens with zero attached hydrogens (tertiary/aromatic N) is 6. The van der Waals surface area contributed by atoms with Crippen LogP contribution in [0.3, 0.4) is 0 Å². The monoisotopic (exact) mass is 629 g/mol. The molecule has 1 N–H and O–H groups in total. The van der Waals surface area contributed by atoms with Gasteiger partial charge in [-0.3, -0.25) is 28.2 Å². The van der Waals surface area contributed by atoms with Gasteiger partial charge in [0.15, 0.2) is 22.7 Å². The molecule has 43 heavy (non-hydrogen) atoms. The predicted molar refractivity (Wildman–Crippen MR) is 162 cm³/mol. The first-order valence-corrected chi connectivity index (χ1v) is 14.0. The number of benzene rings is 2. The number of nitrogens with one attached hydrogen (secondary N) is 1. The van der Waals surface area contributed by atoms with E-state index in [4.69, 9.17) is 37.4 Å². The second-order valence-corrected chi connectivity index (χ2v) is 10.6. The number of fused-ring (bicyclic) bond motifs is 1. The summed E-state index contributed by atoms with van der Waals surface area (Å²) in [5.74, 6) is 0.399. The van der Waals surface area contributed by atoms with Crippen LogP contribution in [0.15, 0.2) is 51.1 Å². The zero-order chi connectivity index (χ0) is 30.7. The van der Waals surface area contributed by atoms with E-state index in [1.165, 1.54) is 32.0 Å². The molecule has 15 heteroatoms. The van der Waals surface area contributed by atoms with E-state index in [0.717, 1.165) is 4.57 Å². The summed E-state index contributed by atoms with van der Waals surface area (Å²) >= 11 is 12.5. The van der Waals surface area contributed by atoms with Gasteiger partial charge in [-0.25, -0.2) is 10.2 Å². The first-order chi connectivity index (χ1) is 20.7. The van der Waals surface area contributed by atoms with Crippen LogP contribution in [0.2, 0.25) is 10.0 Å². The van der Waals surface area contributed by atoms with E-state index in [9.17, 15) is 14.4 Å². The molecule has 1 aliphatic rings. The van der Waals surface area contributed by atoms with E-state index in [2.05, 4.69) is 15.5 Å². The average Bonchev–Trinajstić information content (AvgIpc) is 3.35. The van der Waals surface area contributed by atoms with E-state index in [1.807, 2.05) is 4.90 Å². The number of aryl methyl sites for hydroxylation is 1. The largest absolute Gasteiger partial charge is 0.493 e. The maximum atomic E-state index is 13.2. The van der Waals surface area contributed by atoms with Crippen molar-refractivity contribution < 1.29 is 19.0 Å². The van der Waals surface area contributed by atoms with Crippen molar-refractivity contribution in [3.8, 4) is 17.5 Å². The van der Waals surface area contributed by atoms with Crippen molar-refractivity contribution in [2.75, 3.05) is 40.0 Å². The van der Waals surface area contributed by atoms with Gasteiger partial charge in [-0.15, -0.1) is 0 Å². The van der Waals surface area contributed by atoms with Crippen molar-refractivity contribution in [3.63, 3.8) is 0 Å². The fourth-order valence-corrected chi connectivity index (χ4v) is 5.06. The van der Waals surface area contributed by atoms with Crippen LogP contribution in [0, 0.1) is 0 Å². The number of hydrogen-bond acceptors (Lipinski definition) is 9. The summed E-state index contributed by atoms with van der Waals surface area (Å²) < 4.78 is 20.9. The minimum Gasteiger partial charge on any atom is -0.493 e. The summed E-state index contributed by atoms with van der Waals surface area (Å²) in [7, 11) is 4.39. The normalized spacial score (nSPS) is 14.0. The molecule has 1 fully saturated rings. The summed E-state index contributed by atoms with van der Waals surface area (Å²) in [6.07, 6.45) is 1.49. The number of carbonyl (C=O) groups is 1. The molecule has 1 amide bonds. The molecule has 3 heterocycles. The zero-order valence-electron chi connectivity index (χ0n) is 23.7. The Balaban J connectivity index is 1.44. The van der Waals surface area contributed by atoms with Crippen molar-refractivity contribution in [1.82, 2.24) is 29.0 Å². The van der Waals surface area contributed by atoms with Gasteiger partial charge in [-0.2, -0.15) is 10.1 Å². The highest BCUT2D eigenvalue weighted by Crippen LogP contribution is 2.33. The molecule has 226 valence electrons. The maximum Gasteiger partial charge on any atom is 0.332 e. The fraction of sp³-hybridized carbons (Fsp3) is 0.321. The number of aromatic nitrogens is 4. The lowest BCUT2D eigenvalue weighted by Crippen LogP contribution is -2.42. The minimum atomic E-state index is -0.542. The SMILES string of the molecule is COc1cc(C=NNC(=O)CN2CCOCC2)ccc1Oc1nc2c(c(=O)n(C)c(=O)n2C)n1Cc1ccc(Cl)cc1Cl. The van der Waals surface area contributed by atoms with Gasteiger partial charge in [-0.1, -0.05) is 29.3 Å². The maximum absolute atomic E-state index is 13.2. The van der Waals surface area contributed by atoms with Crippen LogP contribution in [0.4, 0.5) is 0 Å². The smallest absolute Gasteiger partial charge is 0.332 e. The topological polar surface area (TPSA) is 134 Å². The van der Waals surface area contributed by atoms with Gasteiger partial charge in [0.2, 0.25) is 0 Å². The molecule has 0 atom stereocenters. The number of carbonyl (C=O) groups excluding carboxylic acids is 1. The lowest BCUT2D eigenvalue weighted by molar-refractivity contribution is -0.123. The number of ether oxygens (including phenoxy) is 3.